The van der Waals surface area contributed by atoms with Gasteiger partial charge in [0.1, 0.15) is 5.82 Å². The van der Waals surface area contributed by atoms with Crippen molar-refractivity contribution in [2.24, 2.45) is 5.73 Å². The van der Waals surface area contributed by atoms with Crippen LogP contribution in [0.5, 0.6) is 0 Å². The zero-order valence-corrected chi connectivity index (χ0v) is 7.99. The van der Waals surface area contributed by atoms with Crippen LogP contribution in [0.15, 0.2) is 18.2 Å². The largest absolute Gasteiger partial charge is 0.324 e. The number of rotatable bonds is 1. The van der Waals surface area contributed by atoms with Gasteiger partial charge in [-0.15, -0.1) is 12.4 Å². The second-order valence-electron chi connectivity index (χ2n) is 2.79. The van der Waals surface area contributed by atoms with Crippen molar-refractivity contribution < 1.29 is 4.39 Å². The van der Waals surface area contributed by atoms with Gasteiger partial charge in [0.2, 0.25) is 0 Å². The first kappa shape index (κ1) is 11.4. The molecule has 68 valence electrons. The first-order valence-corrected chi connectivity index (χ1v) is 3.63. The summed E-state index contributed by atoms with van der Waals surface area (Å²) in [6, 6.07) is 4.58. The monoisotopic (exact) mass is 189 g/mol. The van der Waals surface area contributed by atoms with Crippen molar-refractivity contribution in [3.63, 3.8) is 0 Å². The van der Waals surface area contributed by atoms with Crippen LogP contribution >= 0.6 is 12.4 Å². The number of nitrogens with two attached hydrogens (primary N) is 1. The normalized spacial score (nSPS) is 12.0. The SMILES string of the molecule is Cc1ccc(F)cc1[C@@H](C)N.Cl. The fourth-order valence-electron chi connectivity index (χ4n) is 1.10. The Morgan fingerprint density at radius 2 is 2.00 bits per heavy atom. The molecule has 12 heavy (non-hydrogen) atoms. The minimum Gasteiger partial charge on any atom is -0.324 e. The van der Waals surface area contributed by atoms with Crippen molar-refractivity contribution in [3.8, 4) is 0 Å². The van der Waals surface area contributed by atoms with Gasteiger partial charge in [0.05, 0.1) is 0 Å². The van der Waals surface area contributed by atoms with E-state index in [4.69, 9.17) is 5.73 Å². The van der Waals surface area contributed by atoms with Gasteiger partial charge in [0.25, 0.3) is 0 Å². The highest BCUT2D eigenvalue weighted by atomic mass is 35.5. The molecule has 0 aliphatic rings. The summed E-state index contributed by atoms with van der Waals surface area (Å²) >= 11 is 0. The predicted octanol–water partition coefficient (Wildman–Crippen LogP) is 2.58. The van der Waals surface area contributed by atoms with Crippen molar-refractivity contribution >= 4 is 12.4 Å². The molecule has 0 fully saturated rings. The molecule has 2 N–H and O–H groups in total. The maximum atomic E-state index is 12.7. The summed E-state index contributed by atoms with van der Waals surface area (Å²) < 4.78 is 12.7. The molecule has 0 spiro atoms. The van der Waals surface area contributed by atoms with Gasteiger partial charge in [0, 0.05) is 6.04 Å². The molecule has 0 aliphatic heterocycles. The Hall–Kier alpha value is -0.600. The Bertz CT molecular complexity index is 261. The zero-order valence-electron chi connectivity index (χ0n) is 7.17. The average molecular weight is 190 g/mol. The number of hydrogen-bond donors (Lipinski definition) is 1. The van der Waals surface area contributed by atoms with Crippen molar-refractivity contribution in [2.75, 3.05) is 0 Å². The van der Waals surface area contributed by atoms with Gasteiger partial charge in [-0.25, -0.2) is 4.39 Å². The van der Waals surface area contributed by atoms with E-state index in [0.717, 1.165) is 11.1 Å². The molecule has 0 aliphatic carbocycles. The van der Waals surface area contributed by atoms with Crippen molar-refractivity contribution in [2.45, 2.75) is 19.9 Å². The van der Waals surface area contributed by atoms with Gasteiger partial charge in [-0.1, -0.05) is 6.07 Å². The minimum atomic E-state index is -0.220. The van der Waals surface area contributed by atoms with E-state index in [1.54, 1.807) is 6.07 Å². The van der Waals surface area contributed by atoms with Gasteiger partial charge < -0.3 is 5.73 Å². The standard InChI is InChI=1S/C9H12FN.ClH/c1-6-3-4-8(10)5-9(6)7(2)11;/h3-5,7H,11H2,1-2H3;1H/t7-;/m1./s1. The van der Waals surface area contributed by atoms with Crippen LogP contribution in [0.4, 0.5) is 4.39 Å². The molecular formula is C9H13ClFN. The summed E-state index contributed by atoms with van der Waals surface area (Å²) in [5, 5.41) is 0. The molecule has 0 amide bonds. The first-order valence-electron chi connectivity index (χ1n) is 3.63. The fourth-order valence-corrected chi connectivity index (χ4v) is 1.10. The highest BCUT2D eigenvalue weighted by molar-refractivity contribution is 5.85. The molecule has 1 aromatic carbocycles. The average Bonchev–Trinajstić information content (AvgIpc) is 1.94. The molecule has 1 atom stereocenters. The highest BCUT2D eigenvalue weighted by Crippen LogP contribution is 2.15. The maximum absolute atomic E-state index is 12.7. The Kier molecular flexibility index (Phi) is 4.21. The molecule has 0 saturated carbocycles. The van der Waals surface area contributed by atoms with Gasteiger partial charge in [-0.2, -0.15) is 0 Å². The molecule has 0 aromatic heterocycles. The van der Waals surface area contributed by atoms with Crippen molar-refractivity contribution in [1.29, 1.82) is 0 Å². The van der Waals surface area contributed by atoms with Crippen molar-refractivity contribution in [3.05, 3.63) is 35.1 Å². The lowest BCUT2D eigenvalue weighted by atomic mass is 10.0. The third-order valence-corrected chi connectivity index (χ3v) is 1.73. The van der Waals surface area contributed by atoms with Crippen LogP contribution in [0.25, 0.3) is 0 Å². The number of halogens is 2. The van der Waals surface area contributed by atoms with E-state index in [9.17, 15) is 4.39 Å². The number of aryl methyl sites for hydroxylation is 1. The van der Waals surface area contributed by atoms with Crippen LogP contribution in [-0.4, -0.2) is 0 Å². The van der Waals surface area contributed by atoms with Crippen LogP contribution < -0.4 is 5.73 Å². The Labute approximate surface area is 78.2 Å². The molecule has 1 nitrogen and oxygen atoms in total. The zero-order chi connectivity index (χ0) is 8.43. The van der Waals surface area contributed by atoms with E-state index < -0.39 is 0 Å². The smallest absolute Gasteiger partial charge is 0.123 e. The van der Waals surface area contributed by atoms with E-state index in [1.165, 1.54) is 12.1 Å². The third kappa shape index (κ3) is 2.47. The van der Waals surface area contributed by atoms with Gasteiger partial charge in [0.15, 0.2) is 0 Å². The molecular weight excluding hydrogens is 177 g/mol. The molecule has 3 heteroatoms. The topological polar surface area (TPSA) is 26.0 Å². The maximum Gasteiger partial charge on any atom is 0.123 e. The van der Waals surface area contributed by atoms with E-state index in [-0.39, 0.29) is 24.3 Å². The Morgan fingerprint density at radius 1 is 1.42 bits per heavy atom. The van der Waals surface area contributed by atoms with Crippen molar-refractivity contribution in [1.82, 2.24) is 0 Å². The molecule has 1 aromatic rings. The highest BCUT2D eigenvalue weighted by Gasteiger charge is 2.03. The molecule has 0 heterocycles. The van der Waals surface area contributed by atoms with Crippen LogP contribution in [0.1, 0.15) is 24.1 Å². The lowest BCUT2D eigenvalue weighted by Crippen LogP contribution is -2.07. The summed E-state index contributed by atoms with van der Waals surface area (Å²) in [5.41, 5.74) is 7.54. The predicted molar refractivity (Wildman–Crippen MR) is 51.0 cm³/mol. The lowest BCUT2D eigenvalue weighted by molar-refractivity contribution is 0.621. The fraction of sp³-hybridized carbons (Fsp3) is 0.333. The third-order valence-electron chi connectivity index (χ3n) is 1.73. The summed E-state index contributed by atoms with van der Waals surface area (Å²) in [7, 11) is 0. The van der Waals surface area contributed by atoms with Crippen LogP contribution in [-0.2, 0) is 0 Å². The number of benzene rings is 1. The molecule has 0 saturated heterocycles. The molecule has 1 rings (SSSR count). The van der Waals surface area contributed by atoms with Gasteiger partial charge in [-0.3, -0.25) is 0 Å². The van der Waals surface area contributed by atoms with Crippen LogP contribution in [0.2, 0.25) is 0 Å². The summed E-state index contributed by atoms with van der Waals surface area (Å²) in [6.07, 6.45) is 0. The van der Waals surface area contributed by atoms with Crippen LogP contribution in [0, 0.1) is 12.7 Å². The number of hydrogen-bond acceptors (Lipinski definition) is 1. The summed E-state index contributed by atoms with van der Waals surface area (Å²) in [4.78, 5) is 0. The summed E-state index contributed by atoms with van der Waals surface area (Å²) in [5.74, 6) is -0.220. The lowest BCUT2D eigenvalue weighted by Gasteiger charge is -2.08. The van der Waals surface area contributed by atoms with Gasteiger partial charge >= 0.3 is 0 Å². The first-order chi connectivity index (χ1) is 5.11. The molecule has 0 bridgehead atoms. The second kappa shape index (κ2) is 4.43. The van der Waals surface area contributed by atoms with E-state index >= 15 is 0 Å². The minimum absolute atomic E-state index is 0. The molecule has 0 unspecified atom stereocenters. The Balaban J connectivity index is 0.00000121. The molecule has 0 radical (unpaired) electrons. The quantitative estimate of drug-likeness (QED) is 0.722. The Morgan fingerprint density at radius 3 is 2.42 bits per heavy atom. The van der Waals surface area contributed by atoms with Crippen LogP contribution in [0.3, 0.4) is 0 Å². The summed E-state index contributed by atoms with van der Waals surface area (Å²) in [6.45, 7) is 3.78. The van der Waals surface area contributed by atoms with E-state index in [2.05, 4.69) is 0 Å². The van der Waals surface area contributed by atoms with Gasteiger partial charge in [-0.05, 0) is 37.1 Å². The second-order valence-corrected chi connectivity index (χ2v) is 2.79. The van der Waals surface area contributed by atoms with E-state index in [0.29, 0.717) is 0 Å². The van der Waals surface area contributed by atoms with E-state index in [1.807, 2.05) is 13.8 Å².